The zero-order valence-electron chi connectivity index (χ0n) is 19.8. The van der Waals surface area contributed by atoms with Crippen molar-refractivity contribution in [2.75, 3.05) is 20.2 Å². The summed E-state index contributed by atoms with van der Waals surface area (Å²) in [5.41, 5.74) is 4.29. The van der Waals surface area contributed by atoms with E-state index in [0.29, 0.717) is 22.5 Å². The van der Waals surface area contributed by atoms with Gasteiger partial charge in [0.15, 0.2) is 5.69 Å². The first kappa shape index (κ1) is 23.3. The number of benzene rings is 1. The molecule has 2 atom stereocenters. The van der Waals surface area contributed by atoms with Crippen LogP contribution in [0.5, 0.6) is 5.88 Å². The number of rotatable bonds is 5. The molecule has 0 unspecified atom stereocenters. The summed E-state index contributed by atoms with van der Waals surface area (Å²) in [4.78, 5) is 27.1. The Labute approximate surface area is 219 Å². The third kappa shape index (κ3) is 4.11. The van der Waals surface area contributed by atoms with E-state index in [9.17, 15) is 4.79 Å². The number of carbonyl (C=O) groups excluding carboxylic acids is 1. The number of pyridine rings is 2. The lowest BCUT2D eigenvalue weighted by atomic mass is 9.90. The number of carbonyl (C=O) groups is 1. The standard InChI is InChI=1S/C27H25Cl2N5O2/c1-36-24-12-11-21(29)26(31-24)27(35)34-15-19-9-10-20(34)14-32(19)16-22-25(17-5-7-18(28)8-6-17)30-23-4-2-3-13-33(22)23/h2-8,11-13,19-20H,9-10,14-16H2,1H3/t19-,20-/m0/s1. The summed E-state index contributed by atoms with van der Waals surface area (Å²) < 4.78 is 7.37. The van der Waals surface area contributed by atoms with Crippen LogP contribution in [0.2, 0.25) is 10.0 Å². The molecule has 3 aliphatic heterocycles. The van der Waals surface area contributed by atoms with E-state index in [2.05, 4.69) is 20.5 Å². The van der Waals surface area contributed by atoms with Crippen molar-refractivity contribution in [3.8, 4) is 17.1 Å². The Morgan fingerprint density at radius 1 is 1.00 bits per heavy atom. The van der Waals surface area contributed by atoms with Gasteiger partial charge in [0.25, 0.3) is 5.91 Å². The minimum absolute atomic E-state index is 0.102. The molecule has 0 saturated carbocycles. The van der Waals surface area contributed by atoms with E-state index in [1.54, 1.807) is 12.1 Å². The van der Waals surface area contributed by atoms with Gasteiger partial charge in [-0.1, -0.05) is 41.4 Å². The summed E-state index contributed by atoms with van der Waals surface area (Å²) in [6.07, 6.45) is 4.07. The summed E-state index contributed by atoms with van der Waals surface area (Å²) in [7, 11) is 1.53. The molecule has 3 fully saturated rings. The summed E-state index contributed by atoms with van der Waals surface area (Å²) in [6.45, 7) is 2.17. The van der Waals surface area contributed by atoms with E-state index in [1.165, 1.54) is 7.11 Å². The van der Waals surface area contributed by atoms with E-state index in [4.69, 9.17) is 32.9 Å². The fourth-order valence-corrected chi connectivity index (χ4v) is 5.72. The molecule has 7 nitrogen and oxygen atoms in total. The molecule has 0 spiro atoms. The van der Waals surface area contributed by atoms with Gasteiger partial charge in [-0.25, -0.2) is 9.97 Å². The SMILES string of the molecule is COc1ccc(Cl)c(C(=O)N2C[C@@H]3CC[C@H]2CN3Cc2c(-c3ccc(Cl)cc3)nc3ccccn23)n1. The van der Waals surface area contributed by atoms with Gasteiger partial charge in [-0.2, -0.15) is 0 Å². The van der Waals surface area contributed by atoms with Crippen molar-refractivity contribution in [1.82, 2.24) is 24.2 Å². The molecule has 0 radical (unpaired) electrons. The number of amides is 1. The molecule has 9 heteroatoms. The quantitative estimate of drug-likeness (QED) is 0.361. The molecule has 0 aliphatic carbocycles. The number of imidazole rings is 1. The fraction of sp³-hybridized carbons (Fsp3) is 0.296. The molecule has 3 aliphatic rings. The van der Waals surface area contributed by atoms with Gasteiger partial charge < -0.3 is 14.0 Å². The van der Waals surface area contributed by atoms with Crippen LogP contribution in [0, 0.1) is 0 Å². The zero-order chi connectivity index (χ0) is 24.8. The largest absolute Gasteiger partial charge is 0.481 e. The highest BCUT2D eigenvalue weighted by atomic mass is 35.5. The van der Waals surface area contributed by atoms with Crippen molar-refractivity contribution in [2.24, 2.45) is 0 Å². The molecular weight excluding hydrogens is 497 g/mol. The maximum Gasteiger partial charge on any atom is 0.274 e. The van der Waals surface area contributed by atoms with Crippen molar-refractivity contribution < 1.29 is 9.53 Å². The van der Waals surface area contributed by atoms with Crippen molar-refractivity contribution in [3.05, 3.63) is 82.2 Å². The molecular formula is C27H25Cl2N5O2. The molecule has 36 heavy (non-hydrogen) atoms. The van der Waals surface area contributed by atoms with Crippen LogP contribution in [-0.4, -0.2) is 62.4 Å². The van der Waals surface area contributed by atoms with Crippen LogP contribution in [0.1, 0.15) is 29.0 Å². The molecule has 1 aromatic carbocycles. The van der Waals surface area contributed by atoms with Gasteiger partial charge in [0, 0.05) is 54.6 Å². The van der Waals surface area contributed by atoms with Crippen molar-refractivity contribution in [3.63, 3.8) is 0 Å². The number of ether oxygens (including phenoxy) is 1. The average molecular weight is 522 g/mol. The van der Waals surface area contributed by atoms with Gasteiger partial charge in [0.1, 0.15) is 5.65 Å². The van der Waals surface area contributed by atoms with Crippen molar-refractivity contribution in [2.45, 2.75) is 31.5 Å². The van der Waals surface area contributed by atoms with Gasteiger partial charge >= 0.3 is 0 Å². The molecule has 3 saturated heterocycles. The molecule has 4 aromatic rings. The Bertz CT molecular complexity index is 1440. The number of piperazine rings is 1. The number of fused-ring (bicyclic) bond motifs is 4. The second-order valence-corrected chi connectivity index (χ2v) is 10.1. The van der Waals surface area contributed by atoms with E-state index in [-0.39, 0.29) is 23.7 Å². The Balaban J connectivity index is 1.28. The van der Waals surface area contributed by atoms with Gasteiger partial charge in [-0.3, -0.25) is 9.69 Å². The first-order valence-corrected chi connectivity index (χ1v) is 12.7. The summed E-state index contributed by atoms with van der Waals surface area (Å²) in [6, 6.07) is 17.6. The van der Waals surface area contributed by atoms with Crippen LogP contribution in [-0.2, 0) is 6.54 Å². The predicted molar refractivity (Wildman–Crippen MR) is 140 cm³/mol. The Morgan fingerprint density at radius 3 is 2.56 bits per heavy atom. The summed E-state index contributed by atoms with van der Waals surface area (Å²) in [5.74, 6) is 0.249. The second kappa shape index (κ2) is 9.39. The molecule has 7 rings (SSSR count). The first-order chi connectivity index (χ1) is 17.5. The van der Waals surface area contributed by atoms with E-state index < -0.39 is 0 Å². The van der Waals surface area contributed by atoms with Gasteiger partial charge in [0.2, 0.25) is 5.88 Å². The number of halogens is 2. The number of hydrogen-bond donors (Lipinski definition) is 0. The Kier molecular flexibility index (Phi) is 6.07. The lowest BCUT2D eigenvalue weighted by molar-refractivity contribution is -0.0162. The molecule has 184 valence electrons. The number of aromatic nitrogens is 3. The number of nitrogens with zero attached hydrogens (tertiary/aromatic N) is 5. The molecule has 6 heterocycles. The first-order valence-electron chi connectivity index (χ1n) is 12.0. The Hall–Kier alpha value is -3.13. The van der Waals surface area contributed by atoms with Crippen LogP contribution < -0.4 is 4.74 Å². The average Bonchev–Trinajstić information content (AvgIpc) is 3.27. The maximum absolute atomic E-state index is 13.4. The van der Waals surface area contributed by atoms with Crippen LogP contribution in [0.3, 0.4) is 0 Å². The summed E-state index contributed by atoms with van der Waals surface area (Å²) >= 11 is 12.5. The number of hydrogen-bond acceptors (Lipinski definition) is 5. The number of methoxy groups -OCH3 is 1. The molecule has 3 aromatic heterocycles. The summed E-state index contributed by atoms with van der Waals surface area (Å²) in [5, 5.41) is 1.05. The zero-order valence-corrected chi connectivity index (χ0v) is 21.3. The Morgan fingerprint density at radius 2 is 1.81 bits per heavy atom. The highest BCUT2D eigenvalue weighted by Gasteiger charge is 2.42. The second-order valence-electron chi connectivity index (χ2n) is 9.30. The van der Waals surface area contributed by atoms with Crippen LogP contribution in [0.15, 0.2) is 60.8 Å². The van der Waals surface area contributed by atoms with Crippen LogP contribution in [0.4, 0.5) is 0 Å². The van der Waals surface area contributed by atoms with Gasteiger partial charge in [-0.05, 0) is 43.2 Å². The van der Waals surface area contributed by atoms with Crippen molar-refractivity contribution in [1.29, 1.82) is 0 Å². The lowest BCUT2D eigenvalue weighted by Crippen LogP contribution is -2.63. The van der Waals surface area contributed by atoms with Crippen LogP contribution in [0.25, 0.3) is 16.9 Å². The fourth-order valence-electron chi connectivity index (χ4n) is 5.41. The predicted octanol–water partition coefficient (Wildman–Crippen LogP) is 5.20. The van der Waals surface area contributed by atoms with E-state index >= 15 is 0 Å². The van der Waals surface area contributed by atoms with E-state index in [1.807, 2.05) is 47.4 Å². The molecule has 0 N–H and O–H groups in total. The van der Waals surface area contributed by atoms with Gasteiger partial charge in [-0.15, -0.1) is 0 Å². The smallest absolute Gasteiger partial charge is 0.274 e. The maximum atomic E-state index is 13.4. The van der Waals surface area contributed by atoms with Gasteiger partial charge in [0.05, 0.1) is 23.5 Å². The minimum atomic E-state index is -0.134. The lowest BCUT2D eigenvalue weighted by Gasteiger charge is -2.51. The number of piperidine rings is 2. The normalized spacial score (nSPS) is 19.7. The van der Waals surface area contributed by atoms with E-state index in [0.717, 1.165) is 48.5 Å². The minimum Gasteiger partial charge on any atom is -0.481 e. The highest BCUT2D eigenvalue weighted by molar-refractivity contribution is 6.33. The monoisotopic (exact) mass is 521 g/mol. The highest BCUT2D eigenvalue weighted by Crippen LogP contribution is 2.34. The molecule has 1 amide bonds. The van der Waals surface area contributed by atoms with Crippen LogP contribution >= 0.6 is 23.2 Å². The third-order valence-corrected chi connectivity index (χ3v) is 7.79. The van der Waals surface area contributed by atoms with Crippen molar-refractivity contribution >= 4 is 34.8 Å². The third-order valence-electron chi connectivity index (χ3n) is 7.24. The molecule has 2 bridgehead atoms. The topological polar surface area (TPSA) is 63.0 Å².